The summed E-state index contributed by atoms with van der Waals surface area (Å²) in [6.07, 6.45) is 12.1. The zero-order chi connectivity index (χ0) is 14.9. The number of methoxy groups -OCH3 is 1. The Balaban J connectivity index is 1.86. The number of carbonyl (C=O) groups is 1. The fourth-order valence-corrected chi connectivity index (χ4v) is 2.77. The number of rotatable bonds is 4. The third-order valence-electron chi connectivity index (χ3n) is 3.97. The minimum Gasteiger partial charge on any atom is -0.497 e. The molecule has 0 heterocycles. The standard InChI is InChI=1S/C18H25NO2/c1-21-17-11-7-8-15(14-17)12-13-18(20)19-16-9-5-3-2-4-6-10-16/h7-8,11-14,16H,2-6,9-10H2,1H3,(H,19,20)/b13-12+. The number of amides is 1. The first kappa shape index (κ1) is 15.6. The Labute approximate surface area is 127 Å². The summed E-state index contributed by atoms with van der Waals surface area (Å²) < 4.78 is 5.17. The second kappa shape index (κ2) is 8.50. The fraction of sp³-hybridized carbons (Fsp3) is 0.500. The van der Waals surface area contributed by atoms with E-state index in [1.54, 1.807) is 13.2 Å². The van der Waals surface area contributed by atoms with Gasteiger partial charge >= 0.3 is 0 Å². The van der Waals surface area contributed by atoms with Crippen molar-refractivity contribution in [2.75, 3.05) is 7.11 Å². The molecule has 0 atom stereocenters. The Kier molecular flexibility index (Phi) is 6.32. The summed E-state index contributed by atoms with van der Waals surface area (Å²) in [5.74, 6) is 0.806. The molecule has 0 aliphatic heterocycles. The summed E-state index contributed by atoms with van der Waals surface area (Å²) in [4.78, 5) is 12.0. The molecular weight excluding hydrogens is 262 g/mol. The molecule has 1 aromatic rings. The van der Waals surface area contributed by atoms with Gasteiger partial charge in [0.15, 0.2) is 0 Å². The summed E-state index contributed by atoms with van der Waals surface area (Å²) in [5, 5.41) is 3.13. The average Bonchev–Trinajstić information content (AvgIpc) is 2.48. The van der Waals surface area contributed by atoms with Gasteiger partial charge in [-0.15, -0.1) is 0 Å². The summed E-state index contributed by atoms with van der Waals surface area (Å²) in [7, 11) is 1.64. The van der Waals surface area contributed by atoms with Crippen LogP contribution in [-0.4, -0.2) is 19.1 Å². The summed E-state index contributed by atoms with van der Waals surface area (Å²) >= 11 is 0. The van der Waals surface area contributed by atoms with Gasteiger partial charge in [-0.25, -0.2) is 0 Å². The van der Waals surface area contributed by atoms with E-state index in [-0.39, 0.29) is 5.91 Å². The SMILES string of the molecule is COc1cccc(/C=C/C(=O)NC2CCCCCCC2)c1. The minimum absolute atomic E-state index is 0.00314. The molecule has 1 amide bonds. The molecule has 3 nitrogen and oxygen atoms in total. The normalized spacial score (nSPS) is 17.2. The monoisotopic (exact) mass is 287 g/mol. The van der Waals surface area contributed by atoms with Gasteiger partial charge in [-0.1, -0.05) is 44.2 Å². The maximum Gasteiger partial charge on any atom is 0.244 e. The van der Waals surface area contributed by atoms with Crippen LogP contribution in [0.1, 0.15) is 50.5 Å². The molecule has 0 unspecified atom stereocenters. The van der Waals surface area contributed by atoms with Crippen LogP contribution in [0, 0.1) is 0 Å². The van der Waals surface area contributed by atoms with E-state index in [2.05, 4.69) is 5.32 Å². The molecule has 1 saturated carbocycles. The van der Waals surface area contributed by atoms with Crippen LogP contribution in [0.15, 0.2) is 30.3 Å². The molecule has 3 heteroatoms. The van der Waals surface area contributed by atoms with Crippen molar-refractivity contribution >= 4 is 12.0 Å². The number of hydrogen-bond donors (Lipinski definition) is 1. The largest absolute Gasteiger partial charge is 0.497 e. The van der Waals surface area contributed by atoms with Gasteiger partial charge in [0.05, 0.1) is 7.11 Å². The maximum atomic E-state index is 12.0. The van der Waals surface area contributed by atoms with Gasteiger partial charge in [0, 0.05) is 12.1 Å². The van der Waals surface area contributed by atoms with Crippen molar-refractivity contribution in [2.24, 2.45) is 0 Å². The Morgan fingerprint density at radius 1 is 1.19 bits per heavy atom. The van der Waals surface area contributed by atoms with Gasteiger partial charge in [0.25, 0.3) is 0 Å². The summed E-state index contributed by atoms with van der Waals surface area (Å²) in [5.41, 5.74) is 0.974. The predicted octanol–water partition coefficient (Wildman–Crippen LogP) is 3.94. The molecule has 114 valence electrons. The van der Waals surface area contributed by atoms with Gasteiger partial charge in [-0.05, 0) is 36.6 Å². The predicted molar refractivity (Wildman–Crippen MR) is 86.3 cm³/mol. The highest BCUT2D eigenvalue weighted by Crippen LogP contribution is 2.17. The van der Waals surface area contributed by atoms with Crippen LogP contribution < -0.4 is 10.1 Å². The smallest absolute Gasteiger partial charge is 0.244 e. The van der Waals surface area contributed by atoms with Crippen LogP contribution in [0.3, 0.4) is 0 Å². The molecule has 0 radical (unpaired) electrons. The van der Waals surface area contributed by atoms with Crippen LogP contribution in [0.25, 0.3) is 6.08 Å². The van der Waals surface area contributed by atoms with E-state index < -0.39 is 0 Å². The average molecular weight is 287 g/mol. The highest BCUT2D eigenvalue weighted by Gasteiger charge is 2.12. The van der Waals surface area contributed by atoms with Crippen molar-refractivity contribution in [3.8, 4) is 5.75 Å². The van der Waals surface area contributed by atoms with Gasteiger partial charge in [-0.2, -0.15) is 0 Å². The number of ether oxygens (including phenoxy) is 1. The fourth-order valence-electron chi connectivity index (χ4n) is 2.77. The van der Waals surface area contributed by atoms with Gasteiger partial charge in [0.1, 0.15) is 5.75 Å². The van der Waals surface area contributed by atoms with E-state index in [1.165, 1.54) is 32.1 Å². The molecule has 21 heavy (non-hydrogen) atoms. The quantitative estimate of drug-likeness (QED) is 0.852. The Bertz CT molecular complexity index is 474. The molecule has 0 saturated heterocycles. The first-order valence-electron chi connectivity index (χ1n) is 7.90. The molecule has 0 bridgehead atoms. The van der Waals surface area contributed by atoms with Crippen LogP contribution in [0.2, 0.25) is 0 Å². The van der Waals surface area contributed by atoms with Gasteiger partial charge in [-0.3, -0.25) is 4.79 Å². The molecule has 1 fully saturated rings. The lowest BCUT2D eigenvalue weighted by atomic mass is 9.97. The topological polar surface area (TPSA) is 38.3 Å². The molecule has 0 aromatic heterocycles. The first-order valence-corrected chi connectivity index (χ1v) is 7.90. The molecule has 1 N–H and O–H groups in total. The Hall–Kier alpha value is -1.77. The summed E-state index contributed by atoms with van der Waals surface area (Å²) in [6, 6.07) is 8.03. The minimum atomic E-state index is 0.00314. The third kappa shape index (κ3) is 5.62. The van der Waals surface area contributed by atoms with Gasteiger partial charge in [0.2, 0.25) is 5.91 Å². The number of benzene rings is 1. The highest BCUT2D eigenvalue weighted by atomic mass is 16.5. The molecule has 0 spiro atoms. The van der Waals surface area contributed by atoms with Crippen LogP contribution in [0.4, 0.5) is 0 Å². The van der Waals surface area contributed by atoms with Crippen molar-refractivity contribution in [3.63, 3.8) is 0 Å². The second-order valence-electron chi connectivity index (χ2n) is 5.66. The summed E-state index contributed by atoms with van der Waals surface area (Å²) in [6.45, 7) is 0. The van der Waals surface area contributed by atoms with Crippen LogP contribution >= 0.6 is 0 Å². The molecule has 2 rings (SSSR count). The Morgan fingerprint density at radius 2 is 1.90 bits per heavy atom. The maximum absolute atomic E-state index is 12.0. The van der Waals surface area contributed by atoms with Crippen molar-refractivity contribution in [3.05, 3.63) is 35.9 Å². The zero-order valence-electron chi connectivity index (χ0n) is 12.8. The lowest BCUT2D eigenvalue weighted by Crippen LogP contribution is -2.34. The number of hydrogen-bond acceptors (Lipinski definition) is 2. The van der Waals surface area contributed by atoms with Crippen LogP contribution in [-0.2, 0) is 4.79 Å². The van der Waals surface area contributed by atoms with E-state index in [0.29, 0.717) is 6.04 Å². The van der Waals surface area contributed by atoms with E-state index in [1.807, 2.05) is 30.3 Å². The number of nitrogens with one attached hydrogen (secondary N) is 1. The molecule has 1 aliphatic carbocycles. The van der Waals surface area contributed by atoms with Gasteiger partial charge < -0.3 is 10.1 Å². The van der Waals surface area contributed by atoms with E-state index in [4.69, 9.17) is 4.74 Å². The van der Waals surface area contributed by atoms with E-state index in [9.17, 15) is 4.79 Å². The van der Waals surface area contributed by atoms with Crippen molar-refractivity contribution in [1.82, 2.24) is 5.32 Å². The second-order valence-corrected chi connectivity index (χ2v) is 5.66. The molecular formula is C18H25NO2. The van der Waals surface area contributed by atoms with E-state index in [0.717, 1.165) is 24.2 Å². The third-order valence-corrected chi connectivity index (χ3v) is 3.97. The van der Waals surface area contributed by atoms with Crippen molar-refractivity contribution in [1.29, 1.82) is 0 Å². The lowest BCUT2D eigenvalue weighted by Gasteiger charge is -2.20. The number of carbonyl (C=O) groups excluding carboxylic acids is 1. The first-order chi connectivity index (χ1) is 10.3. The van der Waals surface area contributed by atoms with E-state index >= 15 is 0 Å². The van der Waals surface area contributed by atoms with Crippen LogP contribution in [0.5, 0.6) is 5.75 Å². The zero-order valence-corrected chi connectivity index (χ0v) is 12.8. The van der Waals surface area contributed by atoms with Crippen molar-refractivity contribution in [2.45, 2.75) is 51.0 Å². The lowest BCUT2D eigenvalue weighted by molar-refractivity contribution is -0.117. The Morgan fingerprint density at radius 3 is 2.62 bits per heavy atom. The highest BCUT2D eigenvalue weighted by molar-refractivity contribution is 5.91. The molecule has 1 aromatic carbocycles. The molecule has 1 aliphatic rings. The van der Waals surface area contributed by atoms with Crippen molar-refractivity contribution < 1.29 is 9.53 Å².